The molecule has 3 heteroatoms. The zero-order valence-electron chi connectivity index (χ0n) is 11.2. The molecule has 1 aliphatic heterocycles. The number of nitrogens with zero attached hydrogens (tertiary/aromatic N) is 1. The van der Waals surface area contributed by atoms with Crippen LogP contribution in [0.1, 0.15) is 42.1 Å². The van der Waals surface area contributed by atoms with Crippen LogP contribution in [-0.2, 0) is 11.3 Å². The Balaban J connectivity index is 1.99. The first kappa shape index (κ1) is 13.1. The van der Waals surface area contributed by atoms with Crippen molar-refractivity contribution in [1.82, 2.24) is 4.90 Å². The predicted molar refractivity (Wildman–Crippen MR) is 71.5 cm³/mol. The second-order valence-corrected chi connectivity index (χ2v) is 5.00. The number of hydrogen-bond donors (Lipinski definition) is 0. The van der Waals surface area contributed by atoms with Crippen molar-refractivity contribution >= 4 is 5.97 Å². The fourth-order valence-electron chi connectivity index (χ4n) is 2.49. The van der Waals surface area contributed by atoms with Gasteiger partial charge in [0.15, 0.2) is 0 Å². The lowest BCUT2D eigenvalue weighted by atomic mass is 10.0. The van der Waals surface area contributed by atoms with Crippen molar-refractivity contribution < 1.29 is 9.53 Å². The minimum Gasteiger partial charge on any atom is -0.465 e. The lowest BCUT2D eigenvalue weighted by molar-refractivity contribution is 0.0600. The number of ether oxygens (including phenoxy) is 1. The molecule has 0 radical (unpaired) electrons. The van der Waals surface area contributed by atoms with E-state index in [4.69, 9.17) is 4.74 Å². The maximum absolute atomic E-state index is 11.3. The van der Waals surface area contributed by atoms with E-state index in [1.807, 2.05) is 24.3 Å². The summed E-state index contributed by atoms with van der Waals surface area (Å²) in [4.78, 5) is 13.8. The van der Waals surface area contributed by atoms with Gasteiger partial charge in [0.25, 0.3) is 0 Å². The van der Waals surface area contributed by atoms with Gasteiger partial charge in [-0.05, 0) is 44.0 Å². The first-order chi connectivity index (χ1) is 8.70. The highest BCUT2D eigenvalue weighted by Gasteiger charge is 2.18. The van der Waals surface area contributed by atoms with Crippen LogP contribution in [0.2, 0.25) is 0 Å². The van der Waals surface area contributed by atoms with Crippen LogP contribution in [0.3, 0.4) is 0 Å². The zero-order chi connectivity index (χ0) is 13.0. The van der Waals surface area contributed by atoms with Crippen molar-refractivity contribution in [3.8, 4) is 0 Å². The lowest BCUT2D eigenvalue weighted by Gasteiger charge is -2.33. The second-order valence-electron chi connectivity index (χ2n) is 5.00. The molecule has 1 heterocycles. The molecule has 0 bridgehead atoms. The van der Waals surface area contributed by atoms with Crippen LogP contribution in [0.25, 0.3) is 0 Å². The van der Waals surface area contributed by atoms with Crippen LogP contribution in [0.4, 0.5) is 0 Å². The first-order valence-electron chi connectivity index (χ1n) is 6.62. The number of hydrogen-bond acceptors (Lipinski definition) is 3. The molecule has 1 fully saturated rings. The van der Waals surface area contributed by atoms with Gasteiger partial charge in [-0.1, -0.05) is 18.6 Å². The number of carbonyl (C=O) groups is 1. The molecule has 98 valence electrons. The predicted octanol–water partition coefficient (Wildman–Crippen LogP) is 2.85. The van der Waals surface area contributed by atoms with Gasteiger partial charge in [0.05, 0.1) is 12.7 Å². The van der Waals surface area contributed by atoms with E-state index in [1.54, 1.807) is 0 Å². The number of esters is 1. The highest BCUT2D eigenvalue weighted by molar-refractivity contribution is 5.89. The molecule has 1 atom stereocenters. The van der Waals surface area contributed by atoms with E-state index in [0.29, 0.717) is 11.6 Å². The van der Waals surface area contributed by atoms with Crippen molar-refractivity contribution in [3.63, 3.8) is 0 Å². The Labute approximate surface area is 109 Å². The van der Waals surface area contributed by atoms with Crippen molar-refractivity contribution in [1.29, 1.82) is 0 Å². The molecule has 0 aromatic heterocycles. The number of methoxy groups -OCH3 is 1. The molecule has 0 amide bonds. The SMILES string of the molecule is COC(=O)c1ccc(CN2CCCC[C@H]2C)cc1. The van der Waals surface area contributed by atoms with Crippen molar-refractivity contribution in [3.05, 3.63) is 35.4 Å². The Bertz CT molecular complexity index is 399. The molecule has 3 nitrogen and oxygen atoms in total. The third kappa shape index (κ3) is 3.10. The highest BCUT2D eigenvalue weighted by atomic mass is 16.5. The first-order valence-corrected chi connectivity index (χ1v) is 6.62. The monoisotopic (exact) mass is 247 g/mol. The molecule has 1 aromatic carbocycles. The Kier molecular flexibility index (Phi) is 4.37. The van der Waals surface area contributed by atoms with Gasteiger partial charge in [0.2, 0.25) is 0 Å². The van der Waals surface area contributed by atoms with Gasteiger partial charge in [-0.15, -0.1) is 0 Å². The summed E-state index contributed by atoms with van der Waals surface area (Å²) in [7, 11) is 1.41. The Hall–Kier alpha value is -1.35. The summed E-state index contributed by atoms with van der Waals surface area (Å²) in [6, 6.07) is 8.39. The quantitative estimate of drug-likeness (QED) is 0.769. The molecule has 0 saturated carbocycles. The largest absolute Gasteiger partial charge is 0.465 e. The van der Waals surface area contributed by atoms with Crippen LogP contribution in [-0.4, -0.2) is 30.6 Å². The average molecular weight is 247 g/mol. The van der Waals surface area contributed by atoms with E-state index in [0.717, 1.165) is 6.54 Å². The van der Waals surface area contributed by atoms with E-state index in [9.17, 15) is 4.79 Å². The van der Waals surface area contributed by atoms with E-state index < -0.39 is 0 Å². The Morgan fingerprint density at radius 2 is 2.06 bits per heavy atom. The van der Waals surface area contributed by atoms with Gasteiger partial charge >= 0.3 is 5.97 Å². The number of piperidine rings is 1. The molecule has 1 aliphatic rings. The minimum absolute atomic E-state index is 0.270. The van der Waals surface area contributed by atoms with Crippen LogP contribution >= 0.6 is 0 Å². The van der Waals surface area contributed by atoms with Crippen LogP contribution in [0, 0.1) is 0 Å². The van der Waals surface area contributed by atoms with E-state index >= 15 is 0 Å². The molecule has 0 unspecified atom stereocenters. The Morgan fingerprint density at radius 3 is 2.67 bits per heavy atom. The Morgan fingerprint density at radius 1 is 1.33 bits per heavy atom. The summed E-state index contributed by atoms with van der Waals surface area (Å²) in [6.07, 6.45) is 3.93. The van der Waals surface area contributed by atoms with E-state index in [1.165, 1.54) is 38.5 Å². The van der Waals surface area contributed by atoms with Gasteiger partial charge < -0.3 is 4.74 Å². The van der Waals surface area contributed by atoms with Crippen LogP contribution in [0.15, 0.2) is 24.3 Å². The topological polar surface area (TPSA) is 29.5 Å². The number of rotatable bonds is 3. The summed E-state index contributed by atoms with van der Waals surface area (Å²) in [6.45, 7) is 4.45. The van der Waals surface area contributed by atoms with Gasteiger partial charge in [-0.25, -0.2) is 4.79 Å². The van der Waals surface area contributed by atoms with Crippen molar-refractivity contribution in [2.24, 2.45) is 0 Å². The van der Waals surface area contributed by atoms with Gasteiger partial charge in [-0.2, -0.15) is 0 Å². The molecule has 18 heavy (non-hydrogen) atoms. The van der Waals surface area contributed by atoms with Crippen molar-refractivity contribution in [2.75, 3.05) is 13.7 Å². The standard InChI is InChI=1S/C15H21NO2/c1-12-5-3-4-10-16(12)11-13-6-8-14(9-7-13)15(17)18-2/h6-9,12H,3-5,10-11H2,1-2H3/t12-/m1/s1. The third-order valence-electron chi connectivity index (χ3n) is 3.70. The van der Waals surface area contributed by atoms with Gasteiger partial charge in [0.1, 0.15) is 0 Å². The molecule has 0 N–H and O–H groups in total. The summed E-state index contributed by atoms with van der Waals surface area (Å²) >= 11 is 0. The zero-order valence-corrected chi connectivity index (χ0v) is 11.2. The smallest absolute Gasteiger partial charge is 0.337 e. The number of carbonyl (C=O) groups excluding carboxylic acids is 1. The minimum atomic E-state index is -0.270. The summed E-state index contributed by atoms with van der Waals surface area (Å²) in [5.41, 5.74) is 1.88. The molecular formula is C15H21NO2. The maximum Gasteiger partial charge on any atom is 0.337 e. The van der Waals surface area contributed by atoms with E-state index in [-0.39, 0.29) is 5.97 Å². The summed E-state index contributed by atoms with van der Waals surface area (Å²) < 4.78 is 4.69. The van der Waals surface area contributed by atoms with Gasteiger partial charge in [-0.3, -0.25) is 4.90 Å². The molecular weight excluding hydrogens is 226 g/mol. The van der Waals surface area contributed by atoms with E-state index in [2.05, 4.69) is 11.8 Å². The van der Waals surface area contributed by atoms with Crippen molar-refractivity contribution in [2.45, 2.75) is 38.8 Å². The molecule has 0 aliphatic carbocycles. The summed E-state index contributed by atoms with van der Waals surface area (Å²) in [5.74, 6) is -0.270. The maximum atomic E-state index is 11.3. The fraction of sp³-hybridized carbons (Fsp3) is 0.533. The number of benzene rings is 1. The average Bonchev–Trinajstić information content (AvgIpc) is 2.41. The normalized spacial score (nSPS) is 20.7. The van der Waals surface area contributed by atoms with Gasteiger partial charge in [0, 0.05) is 12.6 Å². The molecule has 1 saturated heterocycles. The lowest BCUT2D eigenvalue weighted by Crippen LogP contribution is -2.36. The van der Waals surface area contributed by atoms with Crippen LogP contribution in [0.5, 0.6) is 0 Å². The van der Waals surface area contributed by atoms with Crippen LogP contribution < -0.4 is 0 Å². The third-order valence-corrected chi connectivity index (χ3v) is 3.70. The molecule has 1 aromatic rings. The number of likely N-dealkylation sites (tertiary alicyclic amines) is 1. The summed E-state index contributed by atoms with van der Waals surface area (Å²) in [5, 5.41) is 0. The molecule has 2 rings (SSSR count). The second kappa shape index (κ2) is 6.01. The highest BCUT2D eigenvalue weighted by Crippen LogP contribution is 2.19. The molecule has 0 spiro atoms. The fourth-order valence-corrected chi connectivity index (χ4v) is 2.49.